The fraction of sp³-hybridized carbons (Fsp3) is 0.944. The monoisotopic (exact) mass is 294 g/mol. The van der Waals surface area contributed by atoms with Crippen molar-refractivity contribution in [2.75, 3.05) is 6.54 Å². The molecule has 2 rings (SSSR count). The highest BCUT2D eigenvalue weighted by molar-refractivity contribution is 5.75. The molecule has 2 aliphatic rings. The van der Waals surface area contributed by atoms with E-state index in [-0.39, 0.29) is 6.03 Å². The predicted molar refractivity (Wildman–Crippen MR) is 88.5 cm³/mol. The van der Waals surface area contributed by atoms with Crippen LogP contribution < -0.4 is 5.32 Å². The standard InChI is InChI=1S/C18H34N2O/c1-2-3-10-15-20(17-13-8-5-9-14-17)18(21)19-16-11-6-4-7-12-16/h16-17H,2-15H2,1H3,(H,19,21). The highest BCUT2D eigenvalue weighted by Crippen LogP contribution is 2.24. The summed E-state index contributed by atoms with van der Waals surface area (Å²) in [5, 5.41) is 3.33. The smallest absolute Gasteiger partial charge is 0.317 e. The second-order valence-corrected chi connectivity index (χ2v) is 6.98. The van der Waals surface area contributed by atoms with Crippen molar-refractivity contribution in [2.45, 2.75) is 102 Å². The molecule has 3 nitrogen and oxygen atoms in total. The first-order valence-corrected chi connectivity index (χ1v) is 9.38. The third-order valence-electron chi connectivity index (χ3n) is 5.21. The molecular weight excluding hydrogens is 260 g/mol. The van der Waals surface area contributed by atoms with Gasteiger partial charge < -0.3 is 10.2 Å². The molecule has 21 heavy (non-hydrogen) atoms. The number of urea groups is 1. The maximum absolute atomic E-state index is 12.7. The summed E-state index contributed by atoms with van der Waals surface area (Å²) in [7, 11) is 0. The molecule has 2 saturated carbocycles. The molecule has 0 aliphatic heterocycles. The summed E-state index contributed by atoms with van der Waals surface area (Å²) >= 11 is 0. The molecule has 0 radical (unpaired) electrons. The number of amides is 2. The summed E-state index contributed by atoms with van der Waals surface area (Å²) in [6, 6.07) is 1.16. The highest BCUT2D eigenvalue weighted by Gasteiger charge is 2.26. The van der Waals surface area contributed by atoms with E-state index in [9.17, 15) is 4.79 Å². The molecular formula is C18H34N2O. The van der Waals surface area contributed by atoms with Crippen LogP contribution in [-0.2, 0) is 0 Å². The van der Waals surface area contributed by atoms with Crippen molar-refractivity contribution in [3.63, 3.8) is 0 Å². The first-order valence-electron chi connectivity index (χ1n) is 9.38. The molecule has 0 aromatic rings. The maximum Gasteiger partial charge on any atom is 0.317 e. The number of carbonyl (C=O) groups excluding carboxylic acids is 1. The number of rotatable bonds is 6. The van der Waals surface area contributed by atoms with Crippen LogP contribution in [0.5, 0.6) is 0 Å². The average Bonchev–Trinajstić information content (AvgIpc) is 2.53. The van der Waals surface area contributed by atoms with E-state index < -0.39 is 0 Å². The fourth-order valence-corrected chi connectivity index (χ4v) is 3.88. The molecule has 0 atom stereocenters. The van der Waals surface area contributed by atoms with Gasteiger partial charge in [-0.15, -0.1) is 0 Å². The van der Waals surface area contributed by atoms with Crippen molar-refractivity contribution in [1.29, 1.82) is 0 Å². The fourth-order valence-electron chi connectivity index (χ4n) is 3.88. The summed E-state index contributed by atoms with van der Waals surface area (Å²) in [5.74, 6) is 0. The normalized spacial score (nSPS) is 21.2. The third-order valence-corrected chi connectivity index (χ3v) is 5.21. The first-order chi connectivity index (χ1) is 10.3. The van der Waals surface area contributed by atoms with Gasteiger partial charge in [-0.1, -0.05) is 58.3 Å². The van der Waals surface area contributed by atoms with E-state index in [1.807, 2.05) is 0 Å². The summed E-state index contributed by atoms with van der Waals surface area (Å²) in [5.41, 5.74) is 0. The van der Waals surface area contributed by atoms with Crippen LogP contribution in [-0.4, -0.2) is 29.6 Å². The Morgan fingerprint density at radius 3 is 2.19 bits per heavy atom. The molecule has 0 aromatic heterocycles. The van der Waals surface area contributed by atoms with Crippen LogP contribution >= 0.6 is 0 Å². The predicted octanol–water partition coefficient (Wildman–Crippen LogP) is 4.85. The van der Waals surface area contributed by atoms with Gasteiger partial charge in [0.15, 0.2) is 0 Å². The van der Waals surface area contributed by atoms with E-state index in [0.29, 0.717) is 12.1 Å². The van der Waals surface area contributed by atoms with Gasteiger partial charge in [0.25, 0.3) is 0 Å². The lowest BCUT2D eigenvalue weighted by Gasteiger charge is -2.36. The second kappa shape index (κ2) is 9.32. The molecule has 2 fully saturated rings. The molecule has 122 valence electrons. The Labute approximate surface area is 130 Å². The largest absolute Gasteiger partial charge is 0.335 e. The minimum Gasteiger partial charge on any atom is -0.335 e. The van der Waals surface area contributed by atoms with Crippen LogP contribution in [0, 0.1) is 0 Å². The number of carbonyl (C=O) groups is 1. The highest BCUT2D eigenvalue weighted by atomic mass is 16.2. The summed E-state index contributed by atoms with van der Waals surface area (Å²) in [6.07, 6.45) is 16.3. The van der Waals surface area contributed by atoms with Crippen molar-refractivity contribution in [2.24, 2.45) is 0 Å². The van der Waals surface area contributed by atoms with Crippen LogP contribution in [0.3, 0.4) is 0 Å². The minimum absolute atomic E-state index is 0.227. The maximum atomic E-state index is 12.7. The zero-order chi connectivity index (χ0) is 14.9. The number of nitrogens with one attached hydrogen (secondary N) is 1. The third kappa shape index (κ3) is 5.52. The van der Waals surface area contributed by atoms with E-state index >= 15 is 0 Å². The van der Waals surface area contributed by atoms with Crippen LogP contribution in [0.2, 0.25) is 0 Å². The van der Waals surface area contributed by atoms with E-state index in [1.54, 1.807) is 0 Å². The lowest BCUT2D eigenvalue weighted by Crippen LogP contribution is -2.50. The number of hydrogen-bond acceptors (Lipinski definition) is 1. The Morgan fingerprint density at radius 2 is 1.57 bits per heavy atom. The van der Waals surface area contributed by atoms with Gasteiger partial charge in [0.05, 0.1) is 0 Å². The second-order valence-electron chi connectivity index (χ2n) is 6.98. The lowest BCUT2D eigenvalue weighted by molar-refractivity contribution is 0.148. The lowest BCUT2D eigenvalue weighted by atomic mass is 9.93. The van der Waals surface area contributed by atoms with Crippen LogP contribution in [0.4, 0.5) is 4.79 Å². The van der Waals surface area contributed by atoms with Gasteiger partial charge in [-0.25, -0.2) is 4.79 Å². The Balaban J connectivity index is 1.86. The summed E-state index contributed by atoms with van der Waals surface area (Å²) < 4.78 is 0. The van der Waals surface area contributed by atoms with Gasteiger partial charge in [0.2, 0.25) is 0 Å². The van der Waals surface area contributed by atoms with Gasteiger partial charge in [-0.2, -0.15) is 0 Å². The molecule has 2 aliphatic carbocycles. The molecule has 0 spiro atoms. The van der Waals surface area contributed by atoms with Crippen LogP contribution in [0.1, 0.15) is 90.4 Å². The Morgan fingerprint density at radius 1 is 0.952 bits per heavy atom. The first kappa shape index (κ1) is 16.6. The van der Waals surface area contributed by atoms with Gasteiger partial charge in [-0.05, 0) is 32.1 Å². The van der Waals surface area contributed by atoms with Gasteiger partial charge in [-0.3, -0.25) is 0 Å². The van der Waals surface area contributed by atoms with Crippen molar-refractivity contribution in [1.82, 2.24) is 10.2 Å². The van der Waals surface area contributed by atoms with E-state index in [0.717, 1.165) is 13.0 Å². The van der Waals surface area contributed by atoms with Crippen molar-refractivity contribution in [3.05, 3.63) is 0 Å². The molecule has 0 heterocycles. The van der Waals surface area contributed by atoms with Crippen LogP contribution in [0.15, 0.2) is 0 Å². The van der Waals surface area contributed by atoms with E-state index in [4.69, 9.17) is 0 Å². The molecule has 0 aromatic carbocycles. The SMILES string of the molecule is CCCCCN(C(=O)NC1CCCCC1)C1CCCCC1. The Hall–Kier alpha value is -0.730. The molecule has 0 unspecified atom stereocenters. The van der Waals surface area contributed by atoms with Crippen LogP contribution in [0.25, 0.3) is 0 Å². The molecule has 0 bridgehead atoms. The van der Waals surface area contributed by atoms with Crippen molar-refractivity contribution < 1.29 is 4.79 Å². The zero-order valence-corrected chi connectivity index (χ0v) is 13.9. The van der Waals surface area contributed by atoms with E-state index in [2.05, 4.69) is 17.1 Å². The van der Waals surface area contributed by atoms with E-state index in [1.165, 1.54) is 77.0 Å². The number of nitrogens with zero attached hydrogens (tertiary/aromatic N) is 1. The Kier molecular flexibility index (Phi) is 7.38. The van der Waals surface area contributed by atoms with Crippen molar-refractivity contribution in [3.8, 4) is 0 Å². The molecule has 0 saturated heterocycles. The topological polar surface area (TPSA) is 32.3 Å². The quantitative estimate of drug-likeness (QED) is 0.698. The summed E-state index contributed by atoms with van der Waals surface area (Å²) in [4.78, 5) is 14.9. The number of hydrogen-bond donors (Lipinski definition) is 1. The molecule has 1 N–H and O–H groups in total. The zero-order valence-electron chi connectivity index (χ0n) is 13.9. The Bertz CT molecular complexity index is 294. The average molecular weight is 294 g/mol. The van der Waals surface area contributed by atoms with Gasteiger partial charge in [0.1, 0.15) is 0 Å². The summed E-state index contributed by atoms with van der Waals surface area (Å²) in [6.45, 7) is 3.18. The van der Waals surface area contributed by atoms with Crippen molar-refractivity contribution >= 4 is 6.03 Å². The minimum atomic E-state index is 0.227. The van der Waals surface area contributed by atoms with Gasteiger partial charge >= 0.3 is 6.03 Å². The molecule has 2 amide bonds. The van der Waals surface area contributed by atoms with Gasteiger partial charge in [0, 0.05) is 18.6 Å². The number of unbranched alkanes of at least 4 members (excludes halogenated alkanes) is 2. The molecule has 3 heteroatoms.